The zero-order valence-corrected chi connectivity index (χ0v) is 12.9. The highest BCUT2D eigenvalue weighted by atomic mass is 35.5. The monoisotopic (exact) mass is 298 g/mol. The first-order chi connectivity index (χ1) is 9.10. The van der Waals surface area contributed by atoms with Crippen molar-refractivity contribution in [3.8, 4) is 0 Å². The van der Waals surface area contributed by atoms with E-state index in [9.17, 15) is 4.79 Å². The van der Waals surface area contributed by atoms with Crippen LogP contribution in [0.1, 0.15) is 43.5 Å². The second-order valence-electron chi connectivity index (χ2n) is 6.08. The summed E-state index contributed by atoms with van der Waals surface area (Å²) in [5.74, 6) is 0.180. The number of nitrogens with one attached hydrogen (secondary N) is 2. The predicted molar refractivity (Wildman–Crippen MR) is 79.9 cm³/mol. The lowest BCUT2D eigenvalue weighted by molar-refractivity contribution is -0.130. The van der Waals surface area contributed by atoms with E-state index in [1.165, 1.54) is 11.3 Å². The summed E-state index contributed by atoms with van der Waals surface area (Å²) < 4.78 is 1.94. The van der Waals surface area contributed by atoms with Crippen molar-refractivity contribution >= 4 is 18.3 Å². The average Bonchev–Trinajstić information content (AvgIpc) is 2.99. The van der Waals surface area contributed by atoms with E-state index in [2.05, 4.69) is 22.7 Å². The number of hydrogen-bond acceptors (Lipinski definition) is 3. The molecule has 1 aromatic heterocycles. The molecule has 1 amide bonds. The molecule has 5 nitrogen and oxygen atoms in total. The van der Waals surface area contributed by atoms with Crippen molar-refractivity contribution in [2.45, 2.75) is 38.6 Å². The van der Waals surface area contributed by atoms with Crippen molar-refractivity contribution in [1.82, 2.24) is 20.4 Å². The standard InChI is InChI=1S/C14H22N4O.ClH/c1-14(6-7-15-9-14)13(19)17-11-4-3-5-12-10(11)8-16-18(12)2;/h8,11,15H,3-7,9H2,1-2H3,(H,17,19);1H. The number of fused-ring (bicyclic) bond motifs is 1. The zero-order valence-electron chi connectivity index (χ0n) is 12.1. The topological polar surface area (TPSA) is 59.0 Å². The fourth-order valence-corrected chi connectivity index (χ4v) is 3.20. The van der Waals surface area contributed by atoms with E-state index in [0.717, 1.165) is 38.8 Å². The molecule has 1 fully saturated rings. The summed E-state index contributed by atoms with van der Waals surface area (Å²) in [4.78, 5) is 12.5. The first-order valence-electron chi connectivity index (χ1n) is 7.13. The molecule has 2 atom stereocenters. The van der Waals surface area contributed by atoms with Gasteiger partial charge in [-0.2, -0.15) is 5.10 Å². The van der Waals surface area contributed by atoms with Gasteiger partial charge in [-0.1, -0.05) is 0 Å². The average molecular weight is 299 g/mol. The molecule has 112 valence electrons. The molecule has 1 aliphatic heterocycles. The predicted octanol–water partition coefficient (Wildman–Crippen LogP) is 1.34. The number of carbonyl (C=O) groups excluding carboxylic acids is 1. The zero-order chi connectivity index (χ0) is 13.5. The Morgan fingerprint density at radius 1 is 1.60 bits per heavy atom. The molecule has 2 unspecified atom stereocenters. The van der Waals surface area contributed by atoms with E-state index in [-0.39, 0.29) is 29.8 Å². The molecule has 0 spiro atoms. The maximum atomic E-state index is 12.5. The van der Waals surface area contributed by atoms with E-state index in [1.54, 1.807) is 0 Å². The fraction of sp³-hybridized carbons (Fsp3) is 0.714. The Kier molecular flexibility index (Phi) is 4.39. The Labute approximate surface area is 125 Å². The van der Waals surface area contributed by atoms with Gasteiger partial charge in [-0.3, -0.25) is 9.48 Å². The minimum atomic E-state index is -0.250. The maximum Gasteiger partial charge on any atom is 0.227 e. The van der Waals surface area contributed by atoms with Gasteiger partial charge in [-0.05, 0) is 39.2 Å². The largest absolute Gasteiger partial charge is 0.349 e. The molecule has 0 bridgehead atoms. The van der Waals surface area contributed by atoms with Crippen molar-refractivity contribution in [2.24, 2.45) is 12.5 Å². The van der Waals surface area contributed by atoms with Crippen LogP contribution in [0.5, 0.6) is 0 Å². The van der Waals surface area contributed by atoms with Crippen LogP contribution in [0.25, 0.3) is 0 Å². The Morgan fingerprint density at radius 2 is 2.40 bits per heavy atom. The third-order valence-corrected chi connectivity index (χ3v) is 4.60. The fourth-order valence-electron chi connectivity index (χ4n) is 3.20. The third kappa shape index (κ3) is 2.56. The summed E-state index contributed by atoms with van der Waals surface area (Å²) in [6, 6.07) is 0.141. The molecule has 2 heterocycles. The Hall–Kier alpha value is -1.07. The van der Waals surface area contributed by atoms with Gasteiger partial charge in [-0.25, -0.2) is 0 Å². The molecule has 20 heavy (non-hydrogen) atoms. The van der Waals surface area contributed by atoms with Crippen LogP contribution in [0, 0.1) is 5.41 Å². The van der Waals surface area contributed by atoms with Crippen LogP contribution >= 0.6 is 12.4 Å². The normalized spacial score (nSPS) is 28.6. The second kappa shape index (κ2) is 5.74. The lowest BCUT2D eigenvalue weighted by Gasteiger charge is -2.28. The molecule has 1 saturated heterocycles. The molecule has 6 heteroatoms. The van der Waals surface area contributed by atoms with Gasteiger partial charge in [0.2, 0.25) is 5.91 Å². The molecular weight excluding hydrogens is 276 g/mol. The number of amides is 1. The Bertz CT molecular complexity index is 493. The van der Waals surface area contributed by atoms with E-state index in [1.807, 2.05) is 17.9 Å². The first-order valence-corrected chi connectivity index (χ1v) is 7.13. The molecule has 0 radical (unpaired) electrons. The minimum absolute atomic E-state index is 0. The van der Waals surface area contributed by atoms with Gasteiger partial charge < -0.3 is 10.6 Å². The quantitative estimate of drug-likeness (QED) is 0.866. The number of carbonyl (C=O) groups is 1. The van der Waals surface area contributed by atoms with E-state index in [0.29, 0.717) is 0 Å². The summed E-state index contributed by atoms with van der Waals surface area (Å²) in [5, 5.41) is 10.8. The second-order valence-corrected chi connectivity index (χ2v) is 6.08. The van der Waals surface area contributed by atoms with Gasteiger partial charge in [0.1, 0.15) is 0 Å². The first kappa shape index (κ1) is 15.3. The van der Waals surface area contributed by atoms with Crippen LogP contribution in [0.3, 0.4) is 0 Å². The van der Waals surface area contributed by atoms with Crippen LogP contribution < -0.4 is 10.6 Å². The molecule has 2 N–H and O–H groups in total. The van der Waals surface area contributed by atoms with Crippen LogP contribution in [-0.2, 0) is 18.3 Å². The molecule has 2 aliphatic rings. The van der Waals surface area contributed by atoms with Gasteiger partial charge in [0, 0.05) is 24.8 Å². The summed E-state index contributed by atoms with van der Waals surface area (Å²) in [6.07, 6.45) is 6.04. The van der Waals surface area contributed by atoms with Gasteiger partial charge in [0.15, 0.2) is 0 Å². The molecule has 1 aliphatic carbocycles. The summed E-state index contributed by atoms with van der Waals surface area (Å²) in [5.41, 5.74) is 2.22. The van der Waals surface area contributed by atoms with Crippen molar-refractivity contribution in [1.29, 1.82) is 0 Å². The Morgan fingerprint density at radius 3 is 3.10 bits per heavy atom. The van der Waals surface area contributed by atoms with E-state index < -0.39 is 0 Å². The summed E-state index contributed by atoms with van der Waals surface area (Å²) in [7, 11) is 1.98. The smallest absolute Gasteiger partial charge is 0.227 e. The van der Waals surface area contributed by atoms with Gasteiger partial charge in [0.25, 0.3) is 0 Å². The van der Waals surface area contributed by atoms with Crippen molar-refractivity contribution < 1.29 is 4.79 Å². The van der Waals surface area contributed by atoms with Crippen molar-refractivity contribution in [3.05, 3.63) is 17.5 Å². The minimum Gasteiger partial charge on any atom is -0.349 e. The highest BCUT2D eigenvalue weighted by Gasteiger charge is 2.38. The van der Waals surface area contributed by atoms with Gasteiger partial charge in [0.05, 0.1) is 17.7 Å². The molecule has 3 rings (SSSR count). The molecule has 0 aromatic carbocycles. The van der Waals surface area contributed by atoms with E-state index >= 15 is 0 Å². The van der Waals surface area contributed by atoms with Crippen molar-refractivity contribution in [2.75, 3.05) is 13.1 Å². The highest BCUT2D eigenvalue weighted by molar-refractivity contribution is 5.85. The van der Waals surface area contributed by atoms with Gasteiger partial charge in [-0.15, -0.1) is 12.4 Å². The van der Waals surface area contributed by atoms with Crippen molar-refractivity contribution in [3.63, 3.8) is 0 Å². The van der Waals surface area contributed by atoms with Crippen LogP contribution in [0.15, 0.2) is 6.20 Å². The number of halogens is 1. The number of hydrogen-bond donors (Lipinski definition) is 2. The van der Waals surface area contributed by atoms with E-state index in [4.69, 9.17) is 0 Å². The lowest BCUT2D eigenvalue weighted by atomic mass is 9.86. The van der Waals surface area contributed by atoms with Gasteiger partial charge >= 0.3 is 0 Å². The SMILES string of the molecule is Cl.Cn1ncc2c1CCCC2NC(=O)C1(C)CCNC1. The summed E-state index contributed by atoms with van der Waals surface area (Å²) in [6.45, 7) is 3.77. The maximum absolute atomic E-state index is 12.5. The Balaban J connectivity index is 0.00000147. The third-order valence-electron chi connectivity index (χ3n) is 4.60. The van der Waals surface area contributed by atoms with Crippen LogP contribution in [0.4, 0.5) is 0 Å². The molecule has 1 aromatic rings. The number of aromatic nitrogens is 2. The van der Waals surface area contributed by atoms with Crippen LogP contribution in [-0.4, -0.2) is 28.8 Å². The van der Waals surface area contributed by atoms with Crippen LogP contribution in [0.2, 0.25) is 0 Å². The number of aryl methyl sites for hydroxylation is 1. The highest BCUT2D eigenvalue weighted by Crippen LogP contribution is 2.31. The number of nitrogens with zero attached hydrogens (tertiary/aromatic N) is 2. The molecule has 0 saturated carbocycles. The number of rotatable bonds is 2. The summed E-state index contributed by atoms with van der Waals surface area (Å²) >= 11 is 0. The lowest BCUT2D eigenvalue weighted by Crippen LogP contribution is -2.42. The molecular formula is C14H23ClN4O.